The molecular formula is C26H22BrN5O4. The number of aromatic hydroxyl groups is 1. The van der Waals surface area contributed by atoms with E-state index in [1.54, 1.807) is 37.1 Å². The van der Waals surface area contributed by atoms with Gasteiger partial charge >= 0.3 is 0 Å². The molecule has 0 radical (unpaired) electrons. The Balaban J connectivity index is 1.65. The monoisotopic (exact) mass is 547 g/mol. The number of benzene rings is 3. The summed E-state index contributed by atoms with van der Waals surface area (Å²) in [4.78, 5) is 18.4. The fourth-order valence-corrected chi connectivity index (χ4v) is 4.26. The molecule has 10 heteroatoms. The molecule has 2 aromatic heterocycles. The Bertz CT molecular complexity index is 1590. The molecule has 0 saturated carbocycles. The standard InChI is InChI=1S/C26H22BrN5O4/c1-35-19-8-3-16(4-9-19)14-31-24(21-12-7-18(27)13-22(21)33)28-25-23(26(31)34)29-30-32(25)15-17-5-10-20(36-2)11-6-17/h3-13,33H,14-15H2,1-2H3. The summed E-state index contributed by atoms with van der Waals surface area (Å²) in [6.45, 7) is 0.586. The van der Waals surface area contributed by atoms with Gasteiger partial charge in [0.15, 0.2) is 11.2 Å². The molecule has 0 unspecified atom stereocenters. The molecule has 5 rings (SSSR count). The molecule has 0 spiro atoms. The van der Waals surface area contributed by atoms with Crippen LogP contribution in [-0.4, -0.2) is 43.9 Å². The Morgan fingerprint density at radius 2 is 1.50 bits per heavy atom. The maximum Gasteiger partial charge on any atom is 0.284 e. The minimum Gasteiger partial charge on any atom is -0.507 e. The molecule has 1 N–H and O–H groups in total. The Labute approximate surface area is 214 Å². The molecule has 0 amide bonds. The van der Waals surface area contributed by atoms with Crippen molar-refractivity contribution in [2.24, 2.45) is 0 Å². The number of phenols is 1. The van der Waals surface area contributed by atoms with Gasteiger partial charge in [0.1, 0.15) is 23.1 Å². The molecule has 3 aromatic carbocycles. The van der Waals surface area contributed by atoms with Gasteiger partial charge in [0.2, 0.25) is 0 Å². The van der Waals surface area contributed by atoms with Crippen LogP contribution in [0.3, 0.4) is 0 Å². The smallest absolute Gasteiger partial charge is 0.284 e. The Morgan fingerprint density at radius 3 is 2.08 bits per heavy atom. The van der Waals surface area contributed by atoms with Crippen LogP contribution in [-0.2, 0) is 13.1 Å². The Hall–Kier alpha value is -4.18. The van der Waals surface area contributed by atoms with Crippen molar-refractivity contribution >= 4 is 27.1 Å². The molecule has 0 aliphatic carbocycles. The van der Waals surface area contributed by atoms with Crippen molar-refractivity contribution in [3.05, 3.63) is 92.7 Å². The van der Waals surface area contributed by atoms with E-state index in [1.807, 2.05) is 48.5 Å². The van der Waals surface area contributed by atoms with Gasteiger partial charge in [-0.3, -0.25) is 9.36 Å². The van der Waals surface area contributed by atoms with Crippen molar-refractivity contribution < 1.29 is 14.6 Å². The molecule has 9 nitrogen and oxygen atoms in total. The van der Waals surface area contributed by atoms with Gasteiger partial charge in [-0.05, 0) is 53.6 Å². The van der Waals surface area contributed by atoms with Gasteiger partial charge in [-0.15, -0.1) is 5.10 Å². The first-order valence-electron chi connectivity index (χ1n) is 11.1. The van der Waals surface area contributed by atoms with Crippen molar-refractivity contribution in [2.75, 3.05) is 14.2 Å². The number of nitrogens with zero attached hydrogens (tertiary/aromatic N) is 5. The Kier molecular flexibility index (Phi) is 6.43. The summed E-state index contributed by atoms with van der Waals surface area (Å²) >= 11 is 3.37. The van der Waals surface area contributed by atoms with E-state index in [0.717, 1.165) is 16.9 Å². The molecule has 0 bridgehead atoms. The summed E-state index contributed by atoms with van der Waals surface area (Å²) in [5, 5.41) is 19.1. The predicted octanol–water partition coefficient (Wildman–Crippen LogP) is 4.24. The number of fused-ring (bicyclic) bond motifs is 1. The van der Waals surface area contributed by atoms with Crippen molar-refractivity contribution in [1.82, 2.24) is 24.5 Å². The van der Waals surface area contributed by atoms with Gasteiger partial charge < -0.3 is 14.6 Å². The number of rotatable bonds is 7. The summed E-state index contributed by atoms with van der Waals surface area (Å²) in [7, 11) is 3.21. The van der Waals surface area contributed by atoms with Crippen molar-refractivity contribution in [1.29, 1.82) is 0 Å². The lowest BCUT2D eigenvalue weighted by Crippen LogP contribution is -2.24. The van der Waals surface area contributed by atoms with Crippen molar-refractivity contribution in [2.45, 2.75) is 13.1 Å². The quantitative estimate of drug-likeness (QED) is 0.325. The molecular weight excluding hydrogens is 526 g/mol. The SMILES string of the molecule is COc1ccc(Cn2c(-c3ccc(Br)cc3O)nc3c(nnn3Cc3ccc(OC)cc3)c2=O)cc1. The lowest BCUT2D eigenvalue weighted by molar-refractivity contribution is 0.414. The summed E-state index contributed by atoms with van der Waals surface area (Å²) in [6, 6.07) is 20.0. The van der Waals surface area contributed by atoms with Crippen LogP contribution in [0.5, 0.6) is 17.2 Å². The Morgan fingerprint density at radius 1 is 0.889 bits per heavy atom. The first kappa shape index (κ1) is 23.6. The summed E-state index contributed by atoms with van der Waals surface area (Å²) in [5.41, 5.74) is 2.36. The van der Waals surface area contributed by atoms with Gasteiger partial charge in [-0.1, -0.05) is 45.4 Å². The number of ether oxygens (including phenoxy) is 2. The van der Waals surface area contributed by atoms with Gasteiger partial charge in [0.25, 0.3) is 5.56 Å². The summed E-state index contributed by atoms with van der Waals surface area (Å²) in [5.74, 6) is 1.77. The molecule has 0 saturated heterocycles. The fourth-order valence-electron chi connectivity index (χ4n) is 3.91. The van der Waals surface area contributed by atoms with Crippen LogP contribution < -0.4 is 15.0 Å². The first-order chi connectivity index (χ1) is 17.5. The number of hydrogen-bond acceptors (Lipinski definition) is 7. The van der Waals surface area contributed by atoms with Crippen LogP contribution in [0, 0.1) is 0 Å². The second-order valence-corrected chi connectivity index (χ2v) is 9.02. The highest BCUT2D eigenvalue weighted by Gasteiger charge is 2.20. The second kappa shape index (κ2) is 9.82. The normalized spacial score (nSPS) is 11.1. The van der Waals surface area contributed by atoms with Gasteiger partial charge in [-0.2, -0.15) is 0 Å². The number of methoxy groups -OCH3 is 2. The number of halogens is 1. The van der Waals surface area contributed by atoms with E-state index in [0.29, 0.717) is 33.8 Å². The van der Waals surface area contributed by atoms with Crippen LogP contribution in [0.15, 0.2) is 76.0 Å². The zero-order chi connectivity index (χ0) is 25.2. The molecule has 5 aromatic rings. The number of phenolic OH excluding ortho intramolecular Hbond substituents is 1. The molecule has 0 fully saturated rings. The third kappa shape index (κ3) is 4.55. The topological polar surface area (TPSA) is 104 Å². The lowest BCUT2D eigenvalue weighted by Gasteiger charge is -2.14. The highest BCUT2D eigenvalue weighted by atomic mass is 79.9. The van der Waals surface area contributed by atoms with Crippen molar-refractivity contribution in [3.63, 3.8) is 0 Å². The minimum absolute atomic E-state index is 0.00622. The van der Waals surface area contributed by atoms with E-state index in [-0.39, 0.29) is 23.4 Å². The lowest BCUT2D eigenvalue weighted by atomic mass is 10.1. The molecule has 0 aliphatic rings. The second-order valence-electron chi connectivity index (χ2n) is 8.10. The predicted molar refractivity (Wildman–Crippen MR) is 139 cm³/mol. The van der Waals surface area contributed by atoms with Crippen LogP contribution >= 0.6 is 15.9 Å². The fraction of sp³-hybridized carbons (Fsp3) is 0.154. The molecule has 0 aliphatic heterocycles. The zero-order valence-corrected chi connectivity index (χ0v) is 21.1. The molecule has 36 heavy (non-hydrogen) atoms. The average molecular weight is 548 g/mol. The molecule has 182 valence electrons. The number of hydrogen-bond donors (Lipinski definition) is 1. The average Bonchev–Trinajstić information content (AvgIpc) is 3.29. The van der Waals surface area contributed by atoms with Crippen LogP contribution in [0.4, 0.5) is 0 Å². The maximum absolute atomic E-state index is 13.7. The highest BCUT2D eigenvalue weighted by molar-refractivity contribution is 9.10. The zero-order valence-electron chi connectivity index (χ0n) is 19.6. The third-order valence-electron chi connectivity index (χ3n) is 5.82. The van der Waals surface area contributed by atoms with Gasteiger partial charge in [0.05, 0.1) is 32.9 Å². The van der Waals surface area contributed by atoms with Crippen LogP contribution in [0.25, 0.3) is 22.6 Å². The molecule has 0 atom stereocenters. The van der Waals surface area contributed by atoms with E-state index in [4.69, 9.17) is 14.5 Å². The maximum atomic E-state index is 13.7. The van der Waals surface area contributed by atoms with E-state index in [9.17, 15) is 9.90 Å². The van der Waals surface area contributed by atoms with E-state index >= 15 is 0 Å². The highest BCUT2D eigenvalue weighted by Crippen LogP contribution is 2.31. The van der Waals surface area contributed by atoms with E-state index in [2.05, 4.69) is 26.2 Å². The first-order valence-corrected chi connectivity index (χ1v) is 11.8. The largest absolute Gasteiger partial charge is 0.507 e. The van der Waals surface area contributed by atoms with E-state index in [1.165, 1.54) is 4.57 Å². The third-order valence-corrected chi connectivity index (χ3v) is 6.31. The number of aromatic nitrogens is 5. The minimum atomic E-state index is -0.353. The summed E-state index contributed by atoms with van der Waals surface area (Å²) < 4.78 is 14.3. The molecule has 2 heterocycles. The van der Waals surface area contributed by atoms with Crippen LogP contribution in [0.1, 0.15) is 11.1 Å². The van der Waals surface area contributed by atoms with Crippen molar-refractivity contribution in [3.8, 4) is 28.6 Å². The van der Waals surface area contributed by atoms with Crippen LogP contribution in [0.2, 0.25) is 0 Å². The summed E-state index contributed by atoms with van der Waals surface area (Å²) in [6.07, 6.45) is 0. The van der Waals surface area contributed by atoms with E-state index < -0.39 is 0 Å². The van der Waals surface area contributed by atoms with Gasteiger partial charge in [-0.25, -0.2) is 9.67 Å². The van der Waals surface area contributed by atoms with Gasteiger partial charge in [0, 0.05) is 4.47 Å².